The summed E-state index contributed by atoms with van der Waals surface area (Å²) < 4.78 is 0. The number of thiol groups is 1. The van der Waals surface area contributed by atoms with Gasteiger partial charge in [0.1, 0.15) is 0 Å². The number of piperidine rings is 1. The maximum absolute atomic E-state index is 12.0. The van der Waals surface area contributed by atoms with E-state index in [1.165, 1.54) is 11.1 Å². The van der Waals surface area contributed by atoms with E-state index in [0.29, 0.717) is 19.4 Å². The number of hydrogen-bond donors (Lipinski definition) is 2. The second kappa shape index (κ2) is 5.50. The first kappa shape index (κ1) is 14.1. The summed E-state index contributed by atoms with van der Waals surface area (Å²) in [5.74, 6) is -0.380. The number of benzene rings is 1. The highest BCUT2D eigenvalue weighted by Gasteiger charge is 2.38. The third-order valence-corrected chi connectivity index (χ3v) is 5.14. The van der Waals surface area contributed by atoms with Gasteiger partial charge in [-0.1, -0.05) is 34.1 Å². The standard InChI is InChI=1S/C14H15BrN2O2S/c15-6-8-1-2-10-9(5-8)7-17(14(10)20)11-3-4-12(18)16-13(11)19/h1-2,5,11,14,20H,3-4,6-7H2,(H,16,18,19). The smallest absolute Gasteiger partial charge is 0.243 e. The van der Waals surface area contributed by atoms with Crippen molar-refractivity contribution >= 4 is 40.4 Å². The average molecular weight is 355 g/mol. The third-order valence-electron chi connectivity index (χ3n) is 3.92. The van der Waals surface area contributed by atoms with Crippen molar-refractivity contribution in [2.45, 2.75) is 36.1 Å². The summed E-state index contributed by atoms with van der Waals surface area (Å²) in [5.41, 5.74) is 3.59. The summed E-state index contributed by atoms with van der Waals surface area (Å²) in [5, 5.41) is 3.15. The molecule has 1 aromatic rings. The second-order valence-corrected chi connectivity index (χ2v) is 6.23. The lowest BCUT2D eigenvalue weighted by molar-refractivity contribution is -0.137. The molecular formula is C14H15BrN2O2S. The number of carbonyl (C=O) groups is 2. The molecule has 0 aromatic heterocycles. The van der Waals surface area contributed by atoms with Gasteiger partial charge in [-0.25, -0.2) is 0 Å². The molecule has 2 aliphatic rings. The van der Waals surface area contributed by atoms with Gasteiger partial charge in [0, 0.05) is 18.3 Å². The summed E-state index contributed by atoms with van der Waals surface area (Å²) in [7, 11) is 0. The molecule has 0 radical (unpaired) electrons. The van der Waals surface area contributed by atoms with Gasteiger partial charge < -0.3 is 0 Å². The van der Waals surface area contributed by atoms with E-state index in [9.17, 15) is 9.59 Å². The molecule has 0 saturated carbocycles. The zero-order chi connectivity index (χ0) is 14.3. The monoisotopic (exact) mass is 354 g/mol. The fourth-order valence-electron chi connectivity index (χ4n) is 2.87. The number of fused-ring (bicyclic) bond motifs is 1. The van der Waals surface area contributed by atoms with Gasteiger partial charge in [-0.05, 0) is 23.1 Å². The highest BCUT2D eigenvalue weighted by molar-refractivity contribution is 9.08. The highest BCUT2D eigenvalue weighted by Crippen LogP contribution is 2.39. The zero-order valence-electron chi connectivity index (χ0n) is 10.8. The molecule has 106 valence electrons. The molecule has 2 heterocycles. The molecule has 2 amide bonds. The molecule has 1 saturated heterocycles. The van der Waals surface area contributed by atoms with Gasteiger partial charge in [0.2, 0.25) is 11.8 Å². The molecule has 0 aliphatic carbocycles. The van der Waals surface area contributed by atoms with Crippen molar-refractivity contribution in [3.63, 3.8) is 0 Å². The Labute approximate surface area is 131 Å². The van der Waals surface area contributed by atoms with E-state index >= 15 is 0 Å². The summed E-state index contributed by atoms with van der Waals surface area (Å²) in [4.78, 5) is 25.3. The maximum Gasteiger partial charge on any atom is 0.243 e. The van der Waals surface area contributed by atoms with Crippen molar-refractivity contribution in [3.8, 4) is 0 Å². The van der Waals surface area contributed by atoms with E-state index in [0.717, 1.165) is 10.9 Å². The lowest BCUT2D eigenvalue weighted by Gasteiger charge is -2.32. The largest absolute Gasteiger partial charge is 0.295 e. The quantitative estimate of drug-likeness (QED) is 0.486. The Morgan fingerprint density at radius 2 is 2.20 bits per heavy atom. The summed E-state index contributed by atoms with van der Waals surface area (Å²) in [6.07, 6.45) is 0.970. The van der Waals surface area contributed by atoms with Crippen molar-refractivity contribution < 1.29 is 9.59 Å². The van der Waals surface area contributed by atoms with Gasteiger partial charge in [-0.15, -0.1) is 0 Å². The Bertz CT molecular complexity index is 578. The number of imide groups is 1. The Morgan fingerprint density at radius 3 is 2.90 bits per heavy atom. The third kappa shape index (κ3) is 2.40. The Hall–Kier alpha value is -0.850. The number of nitrogens with one attached hydrogen (secondary N) is 1. The van der Waals surface area contributed by atoms with Gasteiger partial charge >= 0.3 is 0 Å². The molecular weight excluding hydrogens is 340 g/mol. The van der Waals surface area contributed by atoms with Crippen LogP contribution in [0, 0.1) is 0 Å². The first-order valence-corrected chi connectivity index (χ1v) is 8.19. The summed E-state index contributed by atoms with van der Waals surface area (Å²) >= 11 is 8.11. The number of amides is 2. The normalized spacial score (nSPS) is 26.5. The van der Waals surface area contributed by atoms with Gasteiger partial charge in [0.05, 0.1) is 11.4 Å². The van der Waals surface area contributed by atoms with E-state index in [-0.39, 0.29) is 23.2 Å². The fraction of sp³-hybridized carbons (Fsp3) is 0.429. The van der Waals surface area contributed by atoms with Gasteiger partial charge in [-0.2, -0.15) is 12.6 Å². The van der Waals surface area contributed by atoms with Crippen molar-refractivity contribution in [1.82, 2.24) is 10.2 Å². The summed E-state index contributed by atoms with van der Waals surface area (Å²) in [6, 6.07) is 6.04. The maximum atomic E-state index is 12.0. The van der Waals surface area contributed by atoms with E-state index < -0.39 is 0 Å². The van der Waals surface area contributed by atoms with Crippen molar-refractivity contribution in [3.05, 3.63) is 34.9 Å². The molecule has 0 spiro atoms. The van der Waals surface area contributed by atoms with E-state index in [1.807, 2.05) is 0 Å². The molecule has 3 rings (SSSR count). The topological polar surface area (TPSA) is 49.4 Å². The highest BCUT2D eigenvalue weighted by atomic mass is 79.9. The molecule has 2 aliphatic heterocycles. The number of rotatable bonds is 2. The second-order valence-electron chi connectivity index (χ2n) is 5.18. The molecule has 2 unspecified atom stereocenters. The molecule has 4 nitrogen and oxygen atoms in total. The Morgan fingerprint density at radius 1 is 1.40 bits per heavy atom. The number of halogens is 1. The minimum Gasteiger partial charge on any atom is -0.295 e. The lowest BCUT2D eigenvalue weighted by Crippen LogP contribution is -2.51. The van der Waals surface area contributed by atoms with Crippen molar-refractivity contribution in [2.24, 2.45) is 0 Å². The van der Waals surface area contributed by atoms with Crippen LogP contribution in [0.4, 0.5) is 0 Å². The van der Waals surface area contributed by atoms with Crippen LogP contribution in [0.2, 0.25) is 0 Å². The van der Waals surface area contributed by atoms with E-state index in [2.05, 4.69) is 57.0 Å². The van der Waals surface area contributed by atoms with Crippen LogP contribution in [-0.4, -0.2) is 22.8 Å². The van der Waals surface area contributed by atoms with E-state index in [1.54, 1.807) is 0 Å². The molecule has 1 aromatic carbocycles. The first-order valence-electron chi connectivity index (χ1n) is 6.55. The molecule has 6 heteroatoms. The van der Waals surface area contributed by atoms with Crippen LogP contribution < -0.4 is 5.32 Å². The van der Waals surface area contributed by atoms with Gasteiger partial charge in [-0.3, -0.25) is 19.8 Å². The van der Waals surface area contributed by atoms with Crippen LogP contribution in [0.15, 0.2) is 18.2 Å². The Balaban J connectivity index is 1.84. The SMILES string of the molecule is O=C1CCC(N2Cc3cc(CBr)ccc3C2S)C(=O)N1. The number of hydrogen-bond acceptors (Lipinski definition) is 4. The van der Waals surface area contributed by atoms with Crippen LogP contribution in [0.25, 0.3) is 0 Å². The Kier molecular flexibility index (Phi) is 3.88. The van der Waals surface area contributed by atoms with E-state index in [4.69, 9.17) is 0 Å². The molecule has 1 fully saturated rings. The van der Waals surface area contributed by atoms with Gasteiger partial charge in [0.25, 0.3) is 0 Å². The lowest BCUT2D eigenvalue weighted by atomic mass is 10.0. The number of carbonyl (C=O) groups excluding carboxylic acids is 2. The predicted molar refractivity (Wildman–Crippen MR) is 82.5 cm³/mol. The van der Waals surface area contributed by atoms with Crippen molar-refractivity contribution in [2.75, 3.05) is 0 Å². The number of alkyl halides is 1. The molecule has 0 bridgehead atoms. The molecule has 20 heavy (non-hydrogen) atoms. The number of nitrogens with zero attached hydrogens (tertiary/aromatic N) is 1. The predicted octanol–water partition coefficient (Wildman–Crippen LogP) is 2.13. The van der Waals surface area contributed by atoms with Crippen LogP contribution in [0.3, 0.4) is 0 Å². The van der Waals surface area contributed by atoms with Crippen LogP contribution >= 0.6 is 28.6 Å². The van der Waals surface area contributed by atoms with Gasteiger partial charge in [0.15, 0.2) is 0 Å². The minimum atomic E-state index is -0.268. The molecule has 1 N–H and O–H groups in total. The van der Waals surface area contributed by atoms with Crippen LogP contribution in [0.1, 0.15) is 34.9 Å². The zero-order valence-corrected chi connectivity index (χ0v) is 13.3. The van der Waals surface area contributed by atoms with Crippen LogP contribution in [0.5, 0.6) is 0 Å². The molecule has 2 atom stereocenters. The summed E-state index contributed by atoms with van der Waals surface area (Å²) in [6.45, 7) is 0.705. The fourth-order valence-corrected chi connectivity index (χ4v) is 3.72. The first-order chi connectivity index (χ1) is 9.60. The average Bonchev–Trinajstić information content (AvgIpc) is 2.75. The minimum absolute atomic E-state index is 0.0849. The van der Waals surface area contributed by atoms with Crippen molar-refractivity contribution in [1.29, 1.82) is 0 Å². The van der Waals surface area contributed by atoms with Crippen LogP contribution in [-0.2, 0) is 21.5 Å².